The minimum atomic E-state index is 0.237. The molecule has 1 fully saturated rings. The second-order valence-corrected chi connectivity index (χ2v) is 6.00. The molecule has 100 valence electrons. The number of rotatable bonds is 3. The maximum atomic E-state index is 6.44. The lowest BCUT2D eigenvalue weighted by molar-refractivity contribution is 0.432. The first-order valence-corrected chi connectivity index (χ1v) is 7.22. The van der Waals surface area contributed by atoms with Crippen molar-refractivity contribution in [2.75, 3.05) is 11.9 Å². The lowest BCUT2D eigenvalue weighted by Gasteiger charge is -2.35. The lowest BCUT2D eigenvalue weighted by atomic mass is 9.94. The van der Waals surface area contributed by atoms with Crippen molar-refractivity contribution in [3.8, 4) is 0 Å². The molecule has 2 unspecified atom stereocenters. The van der Waals surface area contributed by atoms with Crippen LogP contribution in [0.15, 0.2) is 12.4 Å². The van der Waals surface area contributed by atoms with E-state index in [-0.39, 0.29) is 5.38 Å². The third kappa shape index (κ3) is 2.94. The number of aromatic nitrogens is 2. The molecule has 0 radical (unpaired) electrons. The predicted molar refractivity (Wildman–Crippen MR) is 76.4 cm³/mol. The highest BCUT2D eigenvalue weighted by Crippen LogP contribution is 2.29. The number of alkyl halides is 1. The molecule has 0 N–H and O–H groups in total. The van der Waals surface area contributed by atoms with Crippen LogP contribution in [0, 0.1) is 0 Å². The Hall–Kier alpha value is -0.830. The van der Waals surface area contributed by atoms with Crippen LogP contribution in [0.5, 0.6) is 0 Å². The summed E-state index contributed by atoms with van der Waals surface area (Å²) in [5.41, 5.74) is 1.09. The van der Waals surface area contributed by atoms with Crippen molar-refractivity contribution in [2.45, 2.75) is 56.9 Å². The smallest absolute Gasteiger partial charge is 0.132 e. The highest BCUT2D eigenvalue weighted by atomic mass is 35.5. The Morgan fingerprint density at radius 3 is 2.67 bits per heavy atom. The Labute approximate surface area is 115 Å². The van der Waals surface area contributed by atoms with Gasteiger partial charge in [0.2, 0.25) is 0 Å². The fraction of sp³-hybridized carbons (Fsp3) is 0.714. The molecular formula is C14H22ClN3. The molecule has 0 saturated heterocycles. The lowest BCUT2D eigenvalue weighted by Crippen LogP contribution is -2.41. The van der Waals surface area contributed by atoms with Gasteiger partial charge in [0.15, 0.2) is 0 Å². The third-order valence-electron chi connectivity index (χ3n) is 3.77. The Morgan fingerprint density at radius 1 is 1.28 bits per heavy atom. The minimum absolute atomic E-state index is 0.237. The number of anilines is 1. The Morgan fingerprint density at radius 2 is 2.00 bits per heavy atom. The Balaban J connectivity index is 2.16. The van der Waals surface area contributed by atoms with Crippen LogP contribution in [-0.2, 0) is 0 Å². The molecule has 1 saturated carbocycles. The van der Waals surface area contributed by atoms with Gasteiger partial charge in [0.25, 0.3) is 0 Å². The molecule has 4 heteroatoms. The van der Waals surface area contributed by atoms with Crippen molar-refractivity contribution in [3.05, 3.63) is 18.1 Å². The van der Waals surface area contributed by atoms with Crippen LogP contribution in [0.25, 0.3) is 0 Å². The van der Waals surface area contributed by atoms with Crippen molar-refractivity contribution in [3.63, 3.8) is 0 Å². The zero-order valence-corrected chi connectivity index (χ0v) is 12.2. The van der Waals surface area contributed by atoms with Crippen LogP contribution in [0.3, 0.4) is 0 Å². The molecule has 2 rings (SSSR count). The summed E-state index contributed by atoms with van der Waals surface area (Å²) in [6.45, 7) is 4.30. The summed E-state index contributed by atoms with van der Waals surface area (Å²) in [4.78, 5) is 10.9. The van der Waals surface area contributed by atoms with Gasteiger partial charge in [-0.2, -0.15) is 0 Å². The monoisotopic (exact) mass is 267 g/mol. The Bertz CT molecular complexity index is 394. The number of hydrogen-bond acceptors (Lipinski definition) is 3. The highest BCUT2D eigenvalue weighted by Gasteiger charge is 2.27. The van der Waals surface area contributed by atoms with Crippen LogP contribution in [0.4, 0.5) is 5.82 Å². The van der Waals surface area contributed by atoms with E-state index in [4.69, 9.17) is 11.6 Å². The van der Waals surface area contributed by atoms with E-state index in [1.807, 2.05) is 0 Å². The van der Waals surface area contributed by atoms with Gasteiger partial charge in [-0.15, -0.1) is 11.6 Å². The van der Waals surface area contributed by atoms with Gasteiger partial charge in [0.1, 0.15) is 12.1 Å². The van der Waals surface area contributed by atoms with Gasteiger partial charge in [-0.3, -0.25) is 0 Å². The van der Waals surface area contributed by atoms with E-state index in [2.05, 4.69) is 41.8 Å². The topological polar surface area (TPSA) is 29.0 Å². The molecule has 18 heavy (non-hydrogen) atoms. The van der Waals surface area contributed by atoms with E-state index in [1.54, 1.807) is 6.33 Å². The summed E-state index contributed by atoms with van der Waals surface area (Å²) in [5.74, 6) is 1.42. The first kappa shape index (κ1) is 13.6. The molecule has 3 nitrogen and oxygen atoms in total. The van der Waals surface area contributed by atoms with Crippen LogP contribution in [0.1, 0.15) is 51.1 Å². The maximum Gasteiger partial charge on any atom is 0.132 e. The minimum Gasteiger partial charge on any atom is -0.355 e. The summed E-state index contributed by atoms with van der Waals surface area (Å²) in [6.07, 6.45) is 6.44. The summed E-state index contributed by atoms with van der Waals surface area (Å²) in [7, 11) is 2.10. The largest absolute Gasteiger partial charge is 0.355 e. The summed E-state index contributed by atoms with van der Waals surface area (Å²) in [5, 5.41) is 0.237. The van der Waals surface area contributed by atoms with E-state index in [9.17, 15) is 0 Å². The highest BCUT2D eigenvalue weighted by molar-refractivity contribution is 6.21. The molecule has 1 aliphatic rings. The third-order valence-corrected chi connectivity index (χ3v) is 4.28. The first-order chi connectivity index (χ1) is 8.59. The van der Waals surface area contributed by atoms with E-state index in [1.165, 1.54) is 12.8 Å². The molecule has 1 aliphatic carbocycles. The van der Waals surface area contributed by atoms with E-state index < -0.39 is 0 Å². The summed E-state index contributed by atoms with van der Waals surface area (Å²) in [6, 6.07) is 2.48. The molecule has 2 atom stereocenters. The van der Waals surface area contributed by atoms with Crippen LogP contribution >= 0.6 is 11.6 Å². The average molecular weight is 268 g/mol. The summed E-state index contributed by atoms with van der Waals surface area (Å²) < 4.78 is 0. The zero-order valence-electron chi connectivity index (χ0n) is 11.4. The second kappa shape index (κ2) is 5.87. The Kier molecular flexibility index (Phi) is 4.44. The SMILES string of the molecule is CC(C)c1cc(N(C)C2CCCCC2Cl)ncn1. The standard InChI is InChI=1S/C14H22ClN3/c1-10(2)12-8-14(17-9-16-12)18(3)13-7-5-4-6-11(13)15/h8-11,13H,4-7H2,1-3H3. The number of hydrogen-bond donors (Lipinski definition) is 0. The number of halogens is 1. The van der Waals surface area contributed by atoms with Crippen molar-refractivity contribution in [2.24, 2.45) is 0 Å². The van der Waals surface area contributed by atoms with Crippen molar-refractivity contribution in [1.29, 1.82) is 0 Å². The zero-order chi connectivity index (χ0) is 13.1. The molecule has 1 aromatic heterocycles. The molecule has 0 aromatic carbocycles. The van der Waals surface area contributed by atoms with E-state index >= 15 is 0 Å². The van der Waals surface area contributed by atoms with Gasteiger partial charge in [0, 0.05) is 24.8 Å². The van der Waals surface area contributed by atoms with Gasteiger partial charge in [-0.05, 0) is 18.8 Å². The molecule has 1 aromatic rings. The molecule has 0 bridgehead atoms. The van der Waals surface area contributed by atoms with E-state index in [0.717, 1.165) is 24.4 Å². The van der Waals surface area contributed by atoms with Crippen LogP contribution < -0.4 is 4.90 Å². The fourth-order valence-corrected chi connectivity index (χ4v) is 2.99. The molecule has 0 amide bonds. The van der Waals surface area contributed by atoms with E-state index in [0.29, 0.717) is 12.0 Å². The molecule has 0 aliphatic heterocycles. The van der Waals surface area contributed by atoms with Crippen LogP contribution in [-0.4, -0.2) is 28.4 Å². The number of nitrogens with zero attached hydrogens (tertiary/aromatic N) is 3. The second-order valence-electron chi connectivity index (χ2n) is 5.43. The van der Waals surface area contributed by atoms with Gasteiger partial charge in [-0.25, -0.2) is 9.97 Å². The van der Waals surface area contributed by atoms with Crippen LogP contribution in [0.2, 0.25) is 0 Å². The van der Waals surface area contributed by atoms with Gasteiger partial charge in [0.05, 0.1) is 5.38 Å². The molecular weight excluding hydrogens is 246 g/mol. The molecule has 0 spiro atoms. The normalized spacial score (nSPS) is 24.3. The summed E-state index contributed by atoms with van der Waals surface area (Å²) >= 11 is 6.44. The quantitative estimate of drug-likeness (QED) is 0.784. The van der Waals surface area contributed by atoms with Gasteiger partial charge < -0.3 is 4.90 Å². The predicted octanol–water partition coefficient (Wildman–Crippen LogP) is 3.59. The van der Waals surface area contributed by atoms with Crippen molar-refractivity contribution < 1.29 is 0 Å². The van der Waals surface area contributed by atoms with Gasteiger partial charge >= 0.3 is 0 Å². The molecule has 1 heterocycles. The average Bonchev–Trinajstić information content (AvgIpc) is 2.38. The first-order valence-electron chi connectivity index (χ1n) is 6.78. The van der Waals surface area contributed by atoms with Crippen molar-refractivity contribution >= 4 is 17.4 Å². The van der Waals surface area contributed by atoms with Gasteiger partial charge in [-0.1, -0.05) is 26.7 Å². The van der Waals surface area contributed by atoms with Crippen molar-refractivity contribution in [1.82, 2.24) is 9.97 Å². The maximum absolute atomic E-state index is 6.44. The fourth-order valence-electron chi connectivity index (χ4n) is 2.54.